The van der Waals surface area contributed by atoms with Crippen molar-refractivity contribution in [2.75, 3.05) is 19.7 Å². The Morgan fingerprint density at radius 1 is 1.35 bits per heavy atom. The maximum Gasteiger partial charge on any atom is 0.407 e. The van der Waals surface area contributed by atoms with E-state index in [1.54, 1.807) is 6.07 Å². The number of carbonyl (C=O) groups excluding carboxylic acids is 2. The molecule has 0 radical (unpaired) electrons. The van der Waals surface area contributed by atoms with E-state index >= 15 is 0 Å². The highest BCUT2D eigenvalue weighted by Crippen LogP contribution is 2.42. The van der Waals surface area contributed by atoms with E-state index in [0.29, 0.717) is 31.8 Å². The number of carbonyl (C=O) groups is 2. The van der Waals surface area contributed by atoms with E-state index in [-0.39, 0.29) is 29.3 Å². The van der Waals surface area contributed by atoms with Crippen LogP contribution in [0.3, 0.4) is 0 Å². The second-order valence-corrected chi connectivity index (χ2v) is 7.89. The van der Waals surface area contributed by atoms with Crippen LogP contribution in [0.15, 0.2) is 18.2 Å². The van der Waals surface area contributed by atoms with Gasteiger partial charge < -0.3 is 15.0 Å². The van der Waals surface area contributed by atoms with Gasteiger partial charge in [-0.25, -0.2) is 9.18 Å². The zero-order valence-corrected chi connectivity index (χ0v) is 15.1. The summed E-state index contributed by atoms with van der Waals surface area (Å²) in [5.41, 5.74) is 1.64. The van der Waals surface area contributed by atoms with E-state index in [1.807, 2.05) is 24.0 Å². The molecular weight excluding hydrogens is 335 g/mol. The Bertz CT molecular complexity index is 722. The minimum absolute atomic E-state index is 0.00827. The molecule has 2 heterocycles. The molecule has 1 aromatic rings. The number of piperidine rings is 1. The summed E-state index contributed by atoms with van der Waals surface area (Å²) >= 11 is 0. The van der Waals surface area contributed by atoms with Crippen molar-refractivity contribution in [3.05, 3.63) is 35.1 Å². The maximum atomic E-state index is 13.7. The van der Waals surface area contributed by atoms with Crippen LogP contribution in [0.1, 0.15) is 49.7 Å². The summed E-state index contributed by atoms with van der Waals surface area (Å²) < 4.78 is 18.7. The molecule has 3 aliphatic rings. The summed E-state index contributed by atoms with van der Waals surface area (Å²) in [7, 11) is 0. The van der Waals surface area contributed by atoms with Gasteiger partial charge in [0, 0.05) is 19.0 Å². The first kappa shape index (κ1) is 17.3. The Morgan fingerprint density at radius 2 is 2.08 bits per heavy atom. The minimum atomic E-state index is -0.373. The first-order valence-electron chi connectivity index (χ1n) is 9.52. The van der Waals surface area contributed by atoms with Crippen LogP contribution >= 0.6 is 0 Å². The molecule has 1 spiro atoms. The maximum absolute atomic E-state index is 13.7. The number of halogens is 1. The smallest absolute Gasteiger partial charge is 0.407 e. The number of nitrogens with one attached hydrogen (secondary N) is 1. The molecule has 2 saturated heterocycles. The van der Waals surface area contributed by atoms with Crippen molar-refractivity contribution in [2.24, 2.45) is 5.92 Å². The van der Waals surface area contributed by atoms with Crippen molar-refractivity contribution < 1.29 is 18.7 Å². The standard InChI is InChI=1S/C20H25FN2O3/c1-2-13-9-15(3-4-17(13)21)14-5-7-23(8-6-14)18(24)16-10-20(11-16)12-26-19(25)22-20/h3-4,9,14,16H,2,5-8,10-12H2,1H3,(H,22,25). The summed E-state index contributed by atoms with van der Waals surface area (Å²) in [5.74, 6) is 0.445. The largest absolute Gasteiger partial charge is 0.447 e. The number of hydrogen-bond acceptors (Lipinski definition) is 3. The molecule has 2 amide bonds. The second kappa shape index (κ2) is 6.56. The quantitative estimate of drug-likeness (QED) is 0.902. The normalized spacial score (nSPS) is 28.6. The number of cyclic esters (lactones) is 1. The number of ether oxygens (including phenoxy) is 1. The Kier molecular flexibility index (Phi) is 4.37. The van der Waals surface area contributed by atoms with Gasteiger partial charge in [0.2, 0.25) is 5.91 Å². The van der Waals surface area contributed by atoms with Crippen molar-refractivity contribution in [2.45, 2.75) is 50.5 Å². The van der Waals surface area contributed by atoms with Crippen LogP contribution in [-0.4, -0.2) is 42.1 Å². The summed E-state index contributed by atoms with van der Waals surface area (Å²) in [4.78, 5) is 25.9. The molecule has 2 aliphatic heterocycles. The highest BCUT2D eigenvalue weighted by Gasteiger charge is 2.53. The van der Waals surface area contributed by atoms with Crippen molar-refractivity contribution in [1.29, 1.82) is 0 Å². The summed E-state index contributed by atoms with van der Waals surface area (Å²) in [5, 5.41) is 2.84. The topological polar surface area (TPSA) is 58.6 Å². The van der Waals surface area contributed by atoms with E-state index in [0.717, 1.165) is 31.5 Å². The molecular formula is C20H25FN2O3. The average Bonchev–Trinajstić information content (AvgIpc) is 3.03. The first-order chi connectivity index (χ1) is 12.5. The zero-order chi connectivity index (χ0) is 18.3. The van der Waals surface area contributed by atoms with Crippen molar-refractivity contribution in [1.82, 2.24) is 10.2 Å². The van der Waals surface area contributed by atoms with E-state index in [4.69, 9.17) is 4.74 Å². The molecule has 0 bridgehead atoms. The van der Waals surface area contributed by atoms with Crippen LogP contribution in [0.25, 0.3) is 0 Å². The van der Waals surface area contributed by atoms with Gasteiger partial charge in [-0.15, -0.1) is 0 Å². The van der Waals surface area contributed by atoms with Crippen LogP contribution in [0.5, 0.6) is 0 Å². The van der Waals surface area contributed by atoms with Gasteiger partial charge in [0.05, 0.1) is 5.54 Å². The van der Waals surface area contributed by atoms with Crippen LogP contribution in [0.2, 0.25) is 0 Å². The average molecular weight is 360 g/mol. The van der Waals surface area contributed by atoms with E-state index < -0.39 is 0 Å². The third-order valence-corrected chi connectivity index (χ3v) is 6.20. The lowest BCUT2D eigenvalue weighted by Gasteiger charge is -2.45. The molecule has 0 aromatic heterocycles. The van der Waals surface area contributed by atoms with Gasteiger partial charge in [0.15, 0.2) is 0 Å². The second-order valence-electron chi connectivity index (χ2n) is 7.89. The number of nitrogens with zero attached hydrogens (tertiary/aromatic N) is 1. The highest BCUT2D eigenvalue weighted by molar-refractivity contribution is 5.81. The van der Waals surface area contributed by atoms with Gasteiger partial charge in [-0.05, 0) is 55.2 Å². The minimum Gasteiger partial charge on any atom is -0.447 e. The lowest BCUT2D eigenvalue weighted by atomic mass is 9.68. The SMILES string of the molecule is CCc1cc(C2CCN(C(=O)C3CC4(COC(=O)N4)C3)CC2)ccc1F. The third kappa shape index (κ3) is 3.06. The Hall–Kier alpha value is -2.11. The predicted octanol–water partition coefficient (Wildman–Crippen LogP) is 2.98. The number of aryl methyl sites for hydroxylation is 1. The summed E-state index contributed by atoms with van der Waals surface area (Å²) in [6.07, 6.45) is 3.50. The number of benzene rings is 1. The van der Waals surface area contributed by atoms with Crippen LogP contribution in [0.4, 0.5) is 9.18 Å². The molecule has 5 nitrogen and oxygen atoms in total. The van der Waals surface area contributed by atoms with Gasteiger partial charge in [-0.1, -0.05) is 19.1 Å². The van der Waals surface area contributed by atoms with Crippen LogP contribution in [0, 0.1) is 11.7 Å². The van der Waals surface area contributed by atoms with Gasteiger partial charge in [0.25, 0.3) is 0 Å². The highest BCUT2D eigenvalue weighted by atomic mass is 19.1. The third-order valence-electron chi connectivity index (χ3n) is 6.20. The Balaban J connectivity index is 1.31. The number of alkyl carbamates (subject to hydrolysis) is 1. The molecule has 3 fully saturated rings. The molecule has 140 valence electrons. The predicted molar refractivity (Wildman–Crippen MR) is 94.3 cm³/mol. The zero-order valence-electron chi connectivity index (χ0n) is 15.1. The molecule has 1 aliphatic carbocycles. The van der Waals surface area contributed by atoms with Gasteiger partial charge in [-0.2, -0.15) is 0 Å². The van der Waals surface area contributed by atoms with Crippen LogP contribution in [-0.2, 0) is 16.0 Å². The lowest BCUT2D eigenvalue weighted by molar-refractivity contribution is -0.142. The molecule has 0 atom stereocenters. The number of hydrogen-bond donors (Lipinski definition) is 1. The van der Waals surface area contributed by atoms with Gasteiger partial charge in [0.1, 0.15) is 12.4 Å². The fraction of sp³-hybridized carbons (Fsp3) is 0.600. The molecule has 0 unspecified atom stereocenters. The van der Waals surface area contributed by atoms with Crippen molar-refractivity contribution >= 4 is 12.0 Å². The first-order valence-corrected chi connectivity index (χ1v) is 9.52. The van der Waals surface area contributed by atoms with E-state index in [1.165, 1.54) is 5.56 Å². The van der Waals surface area contributed by atoms with E-state index in [2.05, 4.69) is 5.32 Å². The number of rotatable bonds is 3. The summed E-state index contributed by atoms with van der Waals surface area (Å²) in [6.45, 7) is 3.83. The molecule has 1 N–H and O–H groups in total. The molecule has 6 heteroatoms. The van der Waals surface area contributed by atoms with E-state index in [9.17, 15) is 14.0 Å². The Labute approximate surface area is 152 Å². The van der Waals surface area contributed by atoms with Crippen molar-refractivity contribution in [3.8, 4) is 0 Å². The number of likely N-dealkylation sites (tertiary alicyclic amines) is 1. The van der Waals surface area contributed by atoms with Gasteiger partial charge in [-0.3, -0.25) is 4.79 Å². The van der Waals surface area contributed by atoms with Crippen LogP contribution < -0.4 is 5.32 Å². The molecule has 4 rings (SSSR count). The molecule has 1 saturated carbocycles. The lowest BCUT2D eigenvalue weighted by Crippen LogP contribution is -2.58. The summed E-state index contributed by atoms with van der Waals surface area (Å²) in [6, 6.07) is 5.43. The fourth-order valence-electron chi connectivity index (χ4n) is 4.58. The fourth-order valence-corrected chi connectivity index (χ4v) is 4.58. The molecule has 1 aromatic carbocycles. The van der Waals surface area contributed by atoms with Gasteiger partial charge >= 0.3 is 6.09 Å². The monoisotopic (exact) mass is 360 g/mol. The Morgan fingerprint density at radius 3 is 2.69 bits per heavy atom. The van der Waals surface area contributed by atoms with Crippen molar-refractivity contribution in [3.63, 3.8) is 0 Å². The number of amides is 2. The molecule has 26 heavy (non-hydrogen) atoms.